The van der Waals surface area contributed by atoms with Crippen molar-refractivity contribution < 1.29 is 9.90 Å². The van der Waals surface area contributed by atoms with Crippen molar-refractivity contribution in [3.63, 3.8) is 0 Å². The third-order valence-corrected chi connectivity index (χ3v) is 1.65. The topological polar surface area (TPSA) is 37.0 Å². The third-order valence-electron chi connectivity index (χ3n) is 1.65. The Bertz CT molecular complexity index is 288. The molecule has 0 saturated carbocycles. The van der Waals surface area contributed by atoms with E-state index in [9.17, 15) is 9.90 Å². The molecule has 0 aliphatic carbocycles. The molecule has 0 spiro atoms. The molecule has 1 aromatic carbocycles. The summed E-state index contributed by atoms with van der Waals surface area (Å²) in [6, 6.07) is 9.88. The zero-order chi connectivity index (χ0) is 9.52. The van der Waals surface area contributed by atoms with Crippen molar-refractivity contribution in [1.29, 1.82) is 0 Å². The van der Waals surface area contributed by atoms with E-state index < -0.39 is 5.97 Å². The number of allylic oxidation sites excluding steroid dienone is 1. The number of rotatable bonds is 4. The van der Waals surface area contributed by atoms with Crippen LogP contribution in [0.5, 0.6) is 0 Å². The maximum Gasteiger partial charge on any atom is 0.359 e. The molecule has 0 heterocycles. The second kappa shape index (κ2) is 5.14. The Morgan fingerprint density at radius 2 is 1.85 bits per heavy atom. The number of hydrogen-bond acceptors (Lipinski definition) is 1. The average molecular weight is 175 g/mol. The first-order valence-electron chi connectivity index (χ1n) is 4.18. The predicted molar refractivity (Wildman–Crippen MR) is 49.6 cm³/mol. The molecule has 0 aromatic heterocycles. The number of carbonyl (C=O) groups is 1. The Kier molecular flexibility index (Phi) is 3.76. The summed E-state index contributed by atoms with van der Waals surface area (Å²) in [6.07, 6.45) is 4.22. The largest absolute Gasteiger partial charge is 0.359 e. The molecular formula is C11H11O2. The van der Waals surface area contributed by atoms with E-state index in [0.29, 0.717) is 0 Å². The number of hydrogen-bond donors (Lipinski definition) is 0. The van der Waals surface area contributed by atoms with Crippen molar-refractivity contribution in [3.8, 4) is 0 Å². The molecule has 1 rings (SSSR count). The second-order valence-electron chi connectivity index (χ2n) is 2.74. The highest BCUT2D eigenvalue weighted by molar-refractivity contribution is 5.68. The van der Waals surface area contributed by atoms with E-state index in [4.69, 9.17) is 0 Å². The van der Waals surface area contributed by atoms with Gasteiger partial charge in [0.1, 0.15) is 0 Å². The van der Waals surface area contributed by atoms with Crippen LogP contribution in [0.15, 0.2) is 42.5 Å². The Labute approximate surface area is 77.5 Å². The summed E-state index contributed by atoms with van der Waals surface area (Å²) >= 11 is 0. The summed E-state index contributed by atoms with van der Waals surface area (Å²) in [5.41, 5.74) is 1.18. The van der Waals surface area contributed by atoms with Crippen LogP contribution in [-0.4, -0.2) is 5.97 Å². The standard InChI is InChI=1S/C11H11O2/c12-11(13)9-5-4-8-10-6-2-1-3-7-10/h1-7H,8-9H2. The quantitative estimate of drug-likeness (QED) is 0.646. The third kappa shape index (κ3) is 4.11. The second-order valence-corrected chi connectivity index (χ2v) is 2.74. The van der Waals surface area contributed by atoms with Gasteiger partial charge in [0, 0.05) is 0 Å². The smallest absolute Gasteiger partial charge is 0.247 e. The Hall–Kier alpha value is -1.57. The molecular weight excluding hydrogens is 164 g/mol. The summed E-state index contributed by atoms with van der Waals surface area (Å²) in [4.78, 5) is 10.0. The molecule has 0 aliphatic rings. The Morgan fingerprint density at radius 3 is 2.46 bits per heavy atom. The molecule has 0 N–H and O–H groups in total. The van der Waals surface area contributed by atoms with Crippen LogP contribution in [-0.2, 0) is 16.3 Å². The van der Waals surface area contributed by atoms with Gasteiger partial charge in [-0.05, 0) is 12.0 Å². The first kappa shape index (κ1) is 9.52. The van der Waals surface area contributed by atoms with E-state index in [1.165, 1.54) is 5.56 Å². The molecule has 0 amide bonds. The van der Waals surface area contributed by atoms with Crippen LogP contribution < -0.4 is 0 Å². The maximum atomic E-state index is 10.0. The van der Waals surface area contributed by atoms with Crippen molar-refractivity contribution in [2.24, 2.45) is 0 Å². The zero-order valence-electron chi connectivity index (χ0n) is 7.27. The first-order chi connectivity index (χ1) is 6.29. The van der Waals surface area contributed by atoms with Crippen LogP contribution in [0.1, 0.15) is 12.0 Å². The van der Waals surface area contributed by atoms with Crippen molar-refractivity contribution in [2.45, 2.75) is 12.8 Å². The van der Waals surface area contributed by atoms with E-state index in [1.54, 1.807) is 6.08 Å². The summed E-state index contributed by atoms with van der Waals surface area (Å²) in [7, 11) is 0. The zero-order valence-corrected chi connectivity index (χ0v) is 7.27. The predicted octanol–water partition coefficient (Wildman–Crippen LogP) is 2.13. The van der Waals surface area contributed by atoms with Crippen LogP contribution in [0, 0.1) is 0 Å². The molecule has 13 heavy (non-hydrogen) atoms. The lowest BCUT2D eigenvalue weighted by Gasteiger charge is -1.92. The molecule has 0 unspecified atom stereocenters. The minimum Gasteiger partial charge on any atom is -0.247 e. The highest BCUT2D eigenvalue weighted by Gasteiger charge is 1.92. The van der Waals surface area contributed by atoms with Gasteiger partial charge in [-0.25, -0.2) is 9.90 Å². The van der Waals surface area contributed by atoms with E-state index in [1.807, 2.05) is 36.4 Å². The fourth-order valence-electron chi connectivity index (χ4n) is 1.01. The highest BCUT2D eigenvalue weighted by atomic mass is 16.4. The van der Waals surface area contributed by atoms with Gasteiger partial charge in [0.05, 0.1) is 6.42 Å². The minimum absolute atomic E-state index is 0.00711. The van der Waals surface area contributed by atoms with Crippen LogP contribution >= 0.6 is 0 Å². The summed E-state index contributed by atoms with van der Waals surface area (Å²) < 4.78 is 0. The van der Waals surface area contributed by atoms with Gasteiger partial charge in [0.15, 0.2) is 0 Å². The molecule has 0 bridgehead atoms. The first-order valence-corrected chi connectivity index (χ1v) is 4.18. The molecule has 0 saturated heterocycles. The Balaban J connectivity index is 2.35. The highest BCUT2D eigenvalue weighted by Crippen LogP contribution is 2.00. The lowest BCUT2D eigenvalue weighted by molar-refractivity contribution is -0.142. The van der Waals surface area contributed by atoms with Crippen molar-refractivity contribution in [1.82, 2.24) is 0 Å². The fraction of sp³-hybridized carbons (Fsp3) is 0.182. The molecule has 0 aliphatic heterocycles. The van der Waals surface area contributed by atoms with E-state index in [2.05, 4.69) is 0 Å². The van der Waals surface area contributed by atoms with Gasteiger partial charge >= 0.3 is 5.97 Å². The number of benzene rings is 1. The lowest BCUT2D eigenvalue weighted by atomic mass is 10.1. The molecule has 2 heteroatoms. The van der Waals surface area contributed by atoms with Gasteiger partial charge in [0.2, 0.25) is 0 Å². The Morgan fingerprint density at radius 1 is 1.15 bits per heavy atom. The van der Waals surface area contributed by atoms with E-state index >= 15 is 0 Å². The fourth-order valence-corrected chi connectivity index (χ4v) is 1.01. The van der Waals surface area contributed by atoms with Gasteiger partial charge in [-0.2, -0.15) is 0 Å². The van der Waals surface area contributed by atoms with Crippen molar-refractivity contribution in [2.75, 3.05) is 0 Å². The molecule has 2 nitrogen and oxygen atoms in total. The summed E-state index contributed by atoms with van der Waals surface area (Å²) in [5, 5.41) is 10.0. The van der Waals surface area contributed by atoms with Gasteiger partial charge in [-0.15, -0.1) is 0 Å². The van der Waals surface area contributed by atoms with Crippen LogP contribution in [0.4, 0.5) is 0 Å². The molecule has 67 valence electrons. The van der Waals surface area contributed by atoms with Gasteiger partial charge in [-0.1, -0.05) is 42.5 Å². The monoisotopic (exact) mass is 175 g/mol. The van der Waals surface area contributed by atoms with Crippen LogP contribution in [0.3, 0.4) is 0 Å². The molecule has 1 aromatic rings. The minimum atomic E-state index is -1.04. The van der Waals surface area contributed by atoms with Gasteiger partial charge in [-0.3, -0.25) is 0 Å². The van der Waals surface area contributed by atoms with Gasteiger partial charge < -0.3 is 0 Å². The van der Waals surface area contributed by atoms with Gasteiger partial charge in [0.25, 0.3) is 0 Å². The SMILES string of the molecule is [O]C(=O)CC=CCc1ccccc1. The summed E-state index contributed by atoms with van der Waals surface area (Å²) in [5.74, 6) is -1.04. The summed E-state index contributed by atoms with van der Waals surface area (Å²) in [6.45, 7) is 0. The average Bonchev–Trinajstić information content (AvgIpc) is 2.14. The molecule has 0 atom stereocenters. The van der Waals surface area contributed by atoms with E-state index in [-0.39, 0.29) is 6.42 Å². The van der Waals surface area contributed by atoms with Crippen molar-refractivity contribution in [3.05, 3.63) is 48.0 Å². The van der Waals surface area contributed by atoms with Crippen LogP contribution in [0.2, 0.25) is 0 Å². The molecule has 0 fully saturated rings. The number of carbonyl (C=O) groups excluding carboxylic acids is 1. The lowest BCUT2D eigenvalue weighted by Crippen LogP contribution is -1.87. The van der Waals surface area contributed by atoms with Crippen molar-refractivity contribution >= 4 is 5.97 Å². The van der Waals surface area contributed by atoms with Crippen LogP contribution in [0.25, 0.3) is 0 Å². The molecule has 1 radical (unpaired) electrons. The normalized spacial score (nSPS) is 10.5. The van der Waals surface area contributed by atoms with E-state index in [0.717, 1.165) is 6.42 Å². The maximum absolute atomic E-state index is 10.0.